The Hall–Kier alpha value is -2.53. The molecular formula is C29H37BrN2O2. The number of ether oxygens (including phenoxy) is 2. The van der Waals surface area contributed by atoms with Gasteiger partial charge in [-0.3, -0.25) is 0 Å². The van der Waals surface area contributed by atoms with Crippen LogP contribution >= 0.6 is 15.9 Å². The van der Waals surface area contributed by atoms with Gasteiger partial charge in [-0.05, 0) is 62.1 Å². The predicted octanol–water partition coefficient (Wildman–Crippen LogP) is 8.09. The quantitative estimate of drug-likeness (QED) is 0.268. The Morgan fingerprint density at radius 3 is 2.50 bits per heavy atom. The molecule has 5 heteroatoms. The fourth-order valence-electron chi connectivity index (χ4n) is 4.03. The zero-order valence-electron chi connectivity index (χ0n) is 21.5. The number of hydrogen-bond acceptors (Lipinski definition) is 3. The third-order valence-corrected chi connectivity index (χ3v) is 6.86. The molecule has 0 aliphatic rings. The first-order valence-corrected chi connectivity index (χ1v) is 12.8. The molecule has 0 N–H and O–H groups in total. The van der Waals surface area contributed by atoms with Crippen molar-refractivity contribution in [1.82, 2.24) is 9.55 Å². The summed E-state index contributed by atoms with van der Waals surface area (Å²) in [5.74, 6) is 3.19. The number of rotatable bonds is 10. The second-order valence-corrected chi connectivity index (χ2v) is 10.0. The van der Waals surface area contributed by atoms with Crippen LogP contribution in [0.2, 0.25) is 0 Å². The number of hydrogen-bond donors (Lipinski definition) is 0. The predicted molar refractivity (Wildman–Crippen MR) is 146 cm³/mol. The zero-order chi connectivity index (χ0) is 24.8. The maximum absolute atomic E-state index is 5.74. The molecule has 0 unspecified atom stereocenters. The largest absolute Gasteiger partial charge is 0.497 e. The fraction of sp³-hybridized carbons (Fsp3) is 0.414. The monoisotopic (exact) mass is 524 g/mol. The summed E-state index contributed by atoms with van der Waals surface area (Å²) in [5.41, 5.74) is 7.05. The number of imidazole rings is 1. The molecule has 0 spiro atoms. The van der Waals surface area contributed by atoms with E-state index in [0.717, 1.165) is 58.0 Å². The highest BCUT2D eigenvalue weighted by Crippen LogP contribution is 2.34. The Kier molecular flexibility index (Phi) is 9.01. The summed E-state index contributed by atoms with van der Waals surface area (Å²) in [5, 5.41) is 0. The first-order chi connectivity index (χ1) is 16.3. The van der Waals surface area contributed by atoms with Crippen LogP contribution in [0.4, 0.5) is 0 Å². The molecule has 1 aromatic heterocycles. The standard InChI is InChI=1S/C29H37BrN2O2/c1-8-9-10-28-31-26(16-20(4)19(2)3)29(25-14-12-23(30)15-21(25)5)32(28)18-22-11-13-24(33-6)17-27(22)34-7/h11-17,19H,8-10,18H2,1-7H3/b20-16+. The molecule has 0 fully saturated rings. The fourth-order valence-corrected chi connectivity index (χ4v) is 4.50. The first-order valence-electron chi connectivity index (χ1n) is 12.0. The Balaban J connectivity index is 2.27. The molecule has 0 saturated heterocycles. The minimum atomic E-state index is 0.463. The average Bonchev–Trinajstić information content (AvgIpc) is 3.14. The summed E-state index contributed by atoms with van der Waals surface area (Å²) in [6.45, 7) is 11.7. The molecule has 2 aromatic carbocycles. The first kappa shape index (κ1) is 26.1. The van der Waals surface area contributed by atoms with Crippen LogP contribution in [0.5, 0.6) is 11.5 Å². The zero-order valence-corrected chi connectivity index (χ0v) is 23.1. The number of aromatic nitrogens is 2. The molecule has 0 amide bonds. The van der Waals surface area contributed by atoms with Gasteiger partial charge in [0.1, 0.15) is 17.3 Å². The topological polar surface area (TPSA) is 36.3 Å². The summed E-state index contributed by atoms with van der Waals surface area (Å²) < 4.78 is 14.6. The van der Waals surface area contributed by atoms with Gasteiger partial charge in [0.05, 0.1) is 32.2 Å². The number of unbranched alkanes of at least 4 members (excludes halogenated alkanes) is 1. The second-order valence-electron chi connectivity index (χ2n) is 9.13. The van der Waals surface area contributed by atoms with Crippen molar-refractivity contribution < 1.29 is 9.47 Å². The highest BCUT2D eigenvalue weighted by Gasteiger charge is 2.21. The number of benzene rings is 2. The van der Waals surface area contributed by atoms with Gasteiger partial charge in [0.2, 0.25) is 0 Å². The molecule has 3 rings (SSSR count). The van der Waals surface area contributed by atoms with Crippen molar-refractivity contribution in [3.63, 3.8) is 0 Å². The Morgan fingerprint density at radius 1 is 1.12 bits per heavy atom. The lowest BCUT2D eigenvalue weighted by atomic mass is 10.00. The molecule has 0 atom stereocenters. The third-order valence-electron chi connectivity index (χ3n) is 6.37. The maximum atomic E-state index is 5.74. The van der Waals surface area contributed by atoms with E-state index in [2.05, 4.69) is 85.5 Å². The minimum absolute atomic E-state index is 0.463. The molecule has 0 aliphatic carbocycles. The van der Waals surface area contributed by atoms with Gasteiger partial charge < -0.3 is 14.0 Å². The summed E-state index contributed by atoms with van der Waals surface area (Å²) in [4.78, 5) is 5.20. The highest BCUT2D eigenvalue weighted by molar-refractivity contribution is 9.10. The average molecular weight is 526 g/mol. The van der Waals surface area contributed by atoms with Crippen LogP contribution in [0.25, 0.3) is 17.3 Å². The molecular weight excluding hydrogens is 488 g/mol. The molecule has 3 aromatic rings. The summed E-state index contributed by atoms with van der Waals surface area (Å²) >= 11 is 3.63. The SMILES string of the molecule is CCCCc1nc(/C=C(\C)C(C)C)c(-c2ccc(Br)cc2C)n1Cc1ccc(OC)cc1OC. The Morgan fingerprint density at radius 2 is 1.88 bits per heavy atom. The van der Waals surface area contributed by atoms with Crippen molar-refractivity contribution in [2.75, 3.05) is 14.2 Å². The van der Waals surface area contributed by atoms with E-state index in [-0.39, 0.29) is 0 Å². The second kappa shape index (κ2) is 11.7. The number of allylic oxidation sites excluding steroid dienone is 1. The van der Waals surface area contributed by atoms with Crippen LogP contribution in [-0.2, 0) is 13.0 Å². The lowest BCUT2D eigenvalue weighted by Crippen LogP contribution is -2.09. The number of aryl methyl sites for hydroxylation is 2. The Bertz CT molecular complexity index is 1160. The van der Waals surface area contributed by atoms with E-state index in [1.54, 1.807) is 14.2 Å². The molecule has 4 nitrogen and oxygen atoms in total. The van der Waals surface area contributed by atoms with E-state index in [4.69, 9.17) is 14.5 Å². The highest BCUT2D eigenvalue weighted by atomic mass is 79.9. The van der Waals surface area contributed by atoms with Crippen LogP contribution in [0.15, 0.2) is 46.4 Å². The van der Waals surface area contributed by atoms with E-state index in [1.807, 2.05) is 12.1 Å². The normalized spacial score (nSPS) is 11.9. The lowest BCUT2D eigenvalue weighted by Gasteiger charge is -2.17. The van der Waals surface area contributed by atoms with Gasteiger partial charge in [-0.15, -0.1) is 0 Å². The van der Waals surface area contributed by atoms with E-state index < -0.39 is 0 Å². The number of nitrogens with zero attached hydrogens (tertiary/aromatic N) is 2. The maximum Gasteiger partial charge on any atom is 0.127 e. The molecule has 182 valence electrons. The van der Waals surface area contributed by atoms with Crippen molar-refractivity contribution >= 4 is 22.0 Å². The van der Waals surface area contributed by atoms with E-state index in [9.17, 15) is 0 Å². The molecule has 0 saturated carbocycles. The Labute approximate surface area is 213 Å². The van der Waals surface area contributed by atoms with E-state index >= 15 is 0 Å². The van der Waals surface area contributed by atoms with Gasteiger partial charge >= 0.3 is 0 Å². The van der Waals surface area contributed by atoms with Crippen molar-refractivity contribution in [3.8, 4) is 22.8 Å². The minimum Gasteiger partial charge on any atom is -0.497 e. The summed E-state index contributed by atoms with van der Waals surface area (Å²) in [6, 6.07) is 12.5. The van der Waals surface area contributed by atoms with Crippen LogP contribution < -0.4 is 9.47 Å². The lowest BCUT2D eigenvalue weighted by molar-refractivity contribution is 0.390. The smallest absolute Gasteiger partial charge is 0.127 e. The molecule has 1 heterocycles. The number of methoxy groups -OCH3 is 2. The van der Waals surface area contributed by atoms with E-state index in [1.165, 1.54) is 16.7 Å². The molecule has 34 heavy (non-hydrogen) atoms. The number of halogens is 1. The molecule has 0 aliphatic heterocycles. The van der Waals surface area contributed by atoms with Crippen molar-refractivity contribution in [1.29, 1.82) is 0 Å². The molecule has 0 bridgehead atoms. The van der Waals surface area contributed by atoms with Crippen molar-refractivity contribution in [2.24, 2.45) is 5.92 Å². The van der Waals surface area contributed by atoms with Crippen LogP contribution in [0.1, 0.15) is 63.2 Å². The van der Waals surface area contributed by atoms with Gasteiger partial charge in [0.25, 0.3) is 0 Å². The van der Waals surface area contributed by atoms with Gasteiger partial charge in [-0.25, -0.2) is 4.98 Å². The van der Waals surface area contributed by atoms with Crippen LogP contribution in [0, 0.1) is 12.8 Å². The van der Waals surface area contributed by atoms with E-state index in [0.29, 0.717) is 12.5 Å². The van der Waals surface area contributed by atoms with Gasteiger partial charge in [-0.2, -0.15) is 0 Å². The summed E-state index contributed by atoms with van der Waals surface area (Å²) in [7, 11) is 3.39. The van der Waals surface area contributed by atoms with Crippen LogP contribution in [0.3, 0.4) is 0 Å². The third kappa shape index (κ3) is 5.93. The van der Waals surface area contributed by atoms with Crippen molar-refractivity contribution in [3.05, 3.63) is 69.1 Å². The van der Waals surface area contributed by atoms with Gasteiger partial charge in [0.15, 0.2) is 0 Å². The summed E-state index contributed by atoms with van der Waals surface area (Å²) in [6.07, 6.45) is 5.42. The molecule has 0 radical (unpaired) electrons. The van der Waals surface area contributed by atoms with Gasteiger partial charge in [0, 0.05) is 28.1 Å². The van der Waals surface area contributed by atoms with Crippen molar-refractivity contribution in [2.45, 2.75) is 60.4 Å². The van der Waals surface area contributed by atoms with Crippen LogP contribution in [-0.4, -0.2) is 23.8 Å². The van der Waals surface area contributed by atoms with Gasteiger partial charge in [-0.1, -0.05) is 54.8 Å².